The van der Waals surface area contributed by atoms with Gasteiger partial charge in [-0.2, -0.15) is 0 Å². The molecule has 1 aliphatic heterocycles. The lowest BCUT2D eigenvalue weighted by molar-refractivity contribution is 0.0822. The average molecular weight is 314 g/mol. The van der Waals surface area contributed by atoms with E-state index in [0.29, 0.717) is 18.5 Å². The molecule has 2 heterocycles. The van der Waals surface area contributed by atoms with E-state index in [4.69, 9.17) is 9.15 Å². The molecule has 0 radical (unpaired) electrons. The Hall–Kier alpha value is -2.34. The zero-order valence-electron chi connectivity index (χ0n) is 13.3. The van der Waals surface area contributed by atoms with Gasteiger partial charge in [-0.15, -0.1) is 0 Å². The van der Waals surface area contributed by atoms with Crippen LogP contribution in [0.2, 0.25) is 0 Å². The number of aromatic nitrogens is 1. The zero-order chi connectivity index (χ0) is 15.9. The van der Waals surface area contributed by atoms with Gasteiger partial charge in [0.2, 0.25) is 5.89 Å². The maximum atomic E-state index is 5.54. The van der Waals surface area contributed by atoms with Gasteiger partial charge in [-0.1, -0.05) is 18.2 Å². The molecule has 1 aromatic heterocycles. The van der Waals surface area contributed by atoms with Crippen molar-refractivity contribution in [3.8, 4) is 11.5 Å². The maximum absolute atomic E-state index is 5.54. The standard InChI is InChI=1S/C17H22N4O2/c1-18-17(21-14-7-9-22-10-8-14)19-11-15-12-23-16(20-15)13-5-3-2-4-6-13/h2-6,12,14H,7-11H2,1H3,(H2,18,19,21). The van der Waals surface area contributed by atoms with E-state index in [0.717, 1.165) is 43.3 Å². The quantitative estimate of drug-likeness (QED) is 0.668. The Balaban J connectivity index is 1.54. The Morgan fingerprint density at radius 1 is 1.26 bits per heavy atom. The van der Waals surface area contributed by atoms with Crippen LogP contribution in [0.15, 0.2) is 46.0 Å². The van der Waals surface area contributed by atoms with Gasteiger partial charge in [-0.05, 0) is 25.0 Å². The molecule has 0 spiro atoms. The second-order valence-corrected chi connectivity index (χ2v) is 5.47. The normalized spacial score (nSPS) is 16.3. The minimum Gasteiger partial charge on any atom is -0.444 e. The summed E-state index contributed by atoms with van der Waals surface area (Å²) < 4.78 is 10.9. The molecule has 1 aromatic carbocycles. The largest absolute Gasteiger partial charge is 0.444 e. The molecule has 2 N–H and O–H groups in total. The highest BCUT2D eigenvalue weighted by Gasteiger charge is 2.15. The van der Waals surface area contributed by atoms with Gasteiger partial charge in [0.1, 0.15) is 6.26 Å². The van der Waals surface area contributed by atoms with E-state index in [1.165, 1.54) is 0 Å². The zero-order valence-corrected chi connectivity index (χ0v) is 13.3. The van der Waals surface area contributed by atoms with E-state index in [2.05, 4.69) is 20.6 Å². The third kappa shape index (κ3) is 4.32. The summed E-state index contributed by atoms with van der Waals surface area (Å²) in [5.74, 6) is 1.41. The van der Waals surface area contributed by atoms with E-state index in [-0.39, 0.29) is 0 Å². The number of oxazole rings is 1. The summed E-state index contributed by atoms with van der Waals surface area (Å²) in [6.45, 7) is 2.18. The minimum absolute atomic E-state index is 0.409. The van der Waals surface area contributed by atoms with Crippen molar-refractivity contribution in [2.45, 2.75) is 25.4 Å². The van der Waals surface area contributed by atoms with Crippen LogP contribution in [-0.2, 0) is 11.3 Å². The van der Waals surface area contributed by atoms with Crippen molar-refractivity contribution in [1.82, 2.24) is 15.6 Å². The highest BCUT2D eigenvalue weighted by Crippen LogP contribution is 2.17. The van der Waals surface area contributed by atoms with Crippen molar-refractivity contribution in [2.75, 3.05) is 20.3 Å². The lowest BCUT2D eigenvalue weighted by atomic mass is 10.1. The van der Waals surface area contributed by atoms with Crippen LogP contribution in [0.4, 0.5) is 0 Å². The van der Waals surface area contributed by atoms with Crippen LogP contribution in [0.1, 0.15) is 18.5 Å². The van der Waals surface area contributed by atoms with Gasteiger partial charge < -0.3 is 19.8 Å². The summed E-state index contributed by atoms with van der Waals surface area (Å²) in [5, 5.41) is 6.69. The van der Waals surface area contributed by atoms with Crippen LogP contribution in [0.25, 0.3) is 11.5 Å². The highest BCUT2D eigenvalue weighted by atomic mass is 16.5. The number of rotatable bonds is 4. The molecule has 0 atom stereocenters. The maximum Gasteiger partial charge on any atom is 0.226 e. The van der Waals surface area contributed by atoms with Gasteiger partial charge in [-0.25, -0.2) is 4.98 Å². The first-order valence-corrected chi connectivity index (χ1v) is 7.90. The number of aliphatic imine (C=N–C) groups is 1. The Morgan fingerprint density at radius 3 is 2.78 bits per heavy atom. The van der Waals surface area contributed by atoms with Gasteiger partial charge in [-0.3, -0.25) is 4.99 Å². The van der Waals surface area contributed by atoms with Crippen molar-refractivity contribution in [2.24, 2.45) is 4.99 Å². The fourth-order valence-corrected chi connectivity index (χ4v) is 2.51. The van der Waals surface area contributed by atoms with E-state index in [1.807, 2.05) is 30.3 Å². The summed E-state index contributed by atoms with van der Waals surface area (Å²) in [5.41, 5.74) is 1.82. The smallest absolute Gasteiger partial charge is 0.226 e. The molecule has 1 fully saturated rings. The van der Waals surface area contributed by atoms with Crippen LogP contribution >= 0.6 is 0 Å². The number of nitrogens with zero attached hydrogens (tertiary/aromatic N) is 2. The number of nitrogens with one attached hydrogen (secondary N) is 2. The van der Waals surface area contributed by atoms with Crippen molar-refractivity contribution in [1.29, 1.82) is 0 Å². The Morgan fingerprint density at radius 2 is 2.04 bits per heavy atom. The van der Waals surface area contributed by atoms with Gasteiger partial charge in [0.15, 0.2) is 5.96 Å². The van der Waals surface area contributed by atoms with Gasteiger partial charge in [0.05, 0.1) is 12.2 Å². The number of ether oxygens (including phenoxy) is 1. The fraction of sp³-hybridized carbons (Fsp3) is 0.412. The van der Waals surface area contributed by atoms with Crippen LogP contribution in [-0.4, -0.2) is 37.2 Å². The fourth-order valence-electron chi connectivity index (χ4n) is 2.51. The summed E-state index contributed by atoms with van der Waals surface area (Å²) in [6, 6.07) is 10.3. The van der Waals surface area contributed by atoms with Crippen molar-refractivity contribution in [3.05, 3.63) is 42.3 Å². The molecule has 0 saturated carbocycles. The molecular formula is C17H22N4O2. The molecule has 2 aromatic rings. The minimum atomic E-state index is 0.409. The predicted octanol–water partition coefficient (Wildman–Crippen LogP) is 2.19. The lowest BCUT2D eigenvalue weighted by Gasteiger charge is -2.24. The summed E-state index contributed by atoms with van der Waals surface area (Å²) in [4.78, 5) is 8.76. The number of guanidine groups is 1. The van der Waals surface area contributed by atoms with Gasteiger partial charge >= 0.3 is 0 Å². The molecule has 6 heteroatoms. The number of hydrogen-bond acceptors (Lipinski definition) is 4. The molecule has 0 unspecified atom stereocenters. The summed E-state index contributed by atoms with van der Waals surface area (Å²) in [6.07, 6.45) is 3.68. The Bertz CT molecular complexity index is 633. The van der Waals surface area contributed by atoms with Crippen LogP contribution in [0.5, 0.6) is 0 Å². The van der Waals surface area contributed by atoms with E-state index < -0.39 is 0 Å². The molecule has 23 heavy (non-hydrogen) atoms. The van der Waals surface area contributed by atoms with Gasteiger partial charge in [0.25, 0.3) is 0 Å². The van der Waals surface area contributed by atoms with E-state index in [9.17, 15) is 0 Å². The van der Waals surface area contributed by atoms with Crippen molar-refractivity contribution in [3.63, 3.8) is 0 Å². The summed E-state index contributed by atoms with van der Waals surface area (Å²) >= 11 is 0. The monoisotopic (exact) mass is 314 g/mol. The molecule has 6 nitrogen and oxygen atoms in total. The summed E-state index contributed by atoms with van der Waals surface area (Å²) in [7, 11) is 1.77. The molecule has 1 saturated heterocycles. The number of hydrogen-bond donors (Lipinski definition) is 2. The first kappa shape index (κ1) is 15.6. The average Bonchev–Trinajstić information content (AvgIpc) is 3.09. The van der Waals surface area contributed by atoms with Crippen LogP contribution in [0, 0.1) is 0 Å². The third-order valence-corrected chi connectivity index (χ3v) is 3.80. The first-order valence-electron chi connectivity index (χ1n) is 7.90. The topological polar surface area (TPSA) is 71.7 Å². The van der Waals surface area contributed by atoms with Crippen LogP contribution in [0.3, 0.4) is 0 Å². The van der Waals surface area contributed by atoms with Crippen LogP contribution < -0.4 is 10.6 Å². The van der Waals surface area contributed by atoms with E-state index >= 15 is 0 Å². The van der Waals surface area contributed by atoms with E-state index in [1.54, 1.807) is 13.3 Å². The highest BCUT2D eigenvalue weighted by molar-refractivity contribution is 5.79. The molecule has 0 amide bonds. The number of benzene rings is 1. The molecular weight excluding hydrogens is 292 g/mol. The third-order valence-electron chi connectivity index (χ3n) is 3.80. The molecule has 3 rings (SSSR count). The first-order chi connectivity index (χ1) is 11.3. The predicted molar refractivity (Wildman–Crippen MR) is 89.1 cm³/mol. The van der Waals surface area contributed by atoms with Crippen molar-refractivity contribution >= 4 is 5.96 Å². The Labute approximate surface area is 136 Å². The Kier molecular flexibility index (Phi) is 5.26. The lowest BCUT2D eigenvalue weighted by Crippen LogP contribution is -2.45. The molecule has 122 valence electrons. The molecule has 0 aliphatic carbocycles. The SMILES string of the molecule is CN=C(NCc1coc(-c2ccccc2)n1)NC1CCOCC1. The molecule has 1 aliphatic rings. The second kappa shape index (κ2) is 7.78. The second-order valence-electron chi connectivity index (χ2n) is 5.47. The molecule has 0 bridgehead atoms. The van der Waals surface area contributed by atoms with Gasteiger partial charge in [0, 0.05) is 31.9 Å². The van der Waals surface area contributed by atoms with Crippen molar-refractivity contribution < 1.29 is 9.15 Å².